The zero-order valence-corrected chi connectivity index (χ0v) is 16.0. The van der Waals surface area contributed by atoms with Gasteiger partial charge in [0.05, 0.1) is 31.2 Å². The summed E-state index contributed by atoms with van der Waals surface area (Å²) in [5.74, 6) is 1.35. The number of aliphatic hydroxyl groups is 1. The minimum atomic E-state index is -0.402. The number of aliphatic hydroxyl groups excluding tert-OH is 1. The van der Waals surface area contributed by atoms with E-state index in [-0.39, 0.29) is 11.3 Å². The number of ether oxygens (including phenoxy) is 1. The lowest BCUT2D eigenvalue weighted by atomic mass is 9.71. The van der Waals surface area contributed by atoms with Gasteiger partial charge in [0, 0.05) is 44.8 Å². The average molecular weight is 383 g/mol. The fourth-order valence-corrected chi connectivity index (χ4v) is 4.36. The summed E-state index contributed by atoms with van der Waals surface area (Å²) in [5, 5.41) is 10.5. The molecule has 4 heterocycles. The van der Waals surface area contributed by atoms with Crippen LogP contribution in [0.4, 0.5) is 5.82 Å². The number of amides is 1. The lowest BCUT2D eigenvalue weighted by Gasteiger charge is -2.49. The summed E-state index contributed by atoms with van der Waals surface area (Å²) in [6.07, 6.45) is 10.3. The Kier molecular flexibility index (Phi) is 5.13. The van der Waals surface area contributed by atoms with E-state index in [1.807, 2.05) is 4.90 Å². The summed E-state index contributed by atoms with van der Waals surface area (Å²) in [4.78, 5) is 29.4. The highest BCUT2D eigenvalue weighted by Crippen LogP contribution is 2.41. The van der Waals surface area contributed by atoms with E-state index >= 15 is 0 Å². The van der Waals surface area contributed by atoms with Crippen LogP contribution in [0.25, 0.3) is 0 Å². The molecule has 1 unspecified atom stereocenters. The van der Waals surface area contributed by atoms with Gasteiger partial charge in [0.15, 0.2) is 0 Å². The Hall–Kier alpha value is -2.74. The maximum absolute atomic E-state index is 12.8. The highest BCUT2D eigenvalue weighted by molar-refractivity contribution is 5.94. The van der Waals surface area contributed by atoms with Gasteiger partial charge in [-0.3, -0.25) is 14.8 Å². The van der Waals surface area contributed by atoms with Crippen LogP contribution in [0.1, 0.15) is 29.6 Å². The molecule has 1 spiro atoms. The molecule has 28 heavy (non-hydrogen) atoms. The van der Waals surface area contributed by atoms with Crippen LogP contribution >= 0.6 is 0 Å². The Bertz CT molecular complexity index is 824. The molecule has 1 amide bonds. The third-order valence-corrected chi connectivity index (χ3v) is 5.81. The minimum absolute atomic E-state index is 0.0153. The summed E-state index contributed by atoms with van der Waals surface area (Å²) in [6, 6.07) is 1.72. The molecule has 0 bridgehead atoms. The molecule has 0 aliphatic carbocycles. The summed E-state index contributed by atoms with van der Waals surface area (Å²) in [5.41, 5.74) is 0.527. The van der Waals surface area contributed by atoms with Crippen LogP contribution in [0, 0.1) is 5.41 Å². The molecule has 0 aromatic carbocycles. The summed E-state index contributed by atoms with van der Waals surface area (Å²) < 4.78 is 5.17. The van der Waals surface area contributed by atoms with Crippen molar-refractivity contribution in [1.82, 2.24) is 19.9 Å². The van der Waals surface area contributed by atoms with Gasteiger partial charge in [-0.1, -0.05) is 0 Å². The molecule has 1 atom stereocenters. The van der Waals surface area contributed by atoms with Crippen molar-refractivity contribution in [3.8, 4) is 5.75 Å². The van der Waals surface area contributed by atoms with Gasteiger partial charge in [0.2, 0.25) is 0 Å². The lowest BCUT2D eigenvalue weighted by molar-refractivity contribution is 0.0246. The normalized spacial score (nSPS) is 21.6. The summed E-state index contributed by atoms with van der Waals surface area (Å²) in [7, 11) is 1.56. The number of pyridine rings is 1. The number of hydrogen-bond acceptors (Lipinski definition) is 7. The van der Waals surface area contributed by atoms with Crippen LogP contribution in [0.3, 0.4) is 0 Å². The third kappa shape index (κ3) is 3.77. The second-order valence-electron chi connectivity index (χ2n) is 7.71. The topological polar surface area (TPSA) is 91.7 Å². The number of methoxy groups -OCH3 is 1. The predicted octanol–water partition coefficient (Wildman–Crippen LogP) is 1.37. The van der Waals surface area contributed by atoms with Crippen molar-refractivity contribution in [1.29, 1.82) is 0 Å². The fourth-order valence-electron chi connectivity index (χ4n) is 4.36. The number of carbonyl (C=O) groups is 1. The molecule has 2 aromatic rings. The number of β-amino-alcohol motifs (C(OH)–C–C–N with tert-alkyl or cyclic N) is 1. The van der Waals surface area contributed by atoms with E-state index in [1.165, 1.54) is 0 Å². The van der Waals surface area contributed by atoms with Crippen LogP contribution in [-0.2, 0) is 0 Å². The Morgan fingerprint density at radius 3 is 2.75 bits per heavy atom. The zero-order chi connectivity index (χ0) is 19.6. The Morgan fingerprint density at radius 1 is 1.21 bits per heavy atom. The van der Waals surface area contributed by atoms with Crippen molar-refractivity contribution in [3.63, 3.8) is 0 Å². The van der Waals surface area contributed by atoms with Crippen molar-refractivity contribution in [2.45, 2.75) is 25.4 Å². The Labute approximate surface area is 164 Å². The first kappa shape index (κ1) is 18.6. The SMILES string of the molecule is COc1cncc(C(=O)N2CCC3(CC2)CC(O)CN(c2cnccn2)C3)c1. The van der Waals surface area contributed by atoms with Gasteiger partial charge in [-0.2, -0.15) is 0 Å². The second-order valence-corrected chi connectivity index (χ2v) is 7.71. The fraction of sp³-hybridized carbons (Fsp3) is 0.500. The molecule has 2 aliphatic rings. The van der Waals surface area contributed by atoms with E-state index in [0.29, 0.717) is 30.9 Å². The molecule has 2 saturated heterocycles. The number of rotatable bonds is 3. The van der Waals surface area contributed by atoms with Crippen molar-refractivity contribution in [2.75, 3.05) is 38.2 Å². The lowest BCUT2D eigenvalue weighted by Crippen LogP contribution is -2.54. The van der Waals surface area contributed by atoms with Crippen molar-refractivity contribution in [2.24, 2.45) is 5.41 Å². The highest BCUT2D eigenvalue weighted by Gasteiger charge is 2.42. The Morgan fingerprint density at radius 2 is 2.04 bits per heavy atom. The monoisotopic (exact) mass is 383 g/mol. The van der Waals surface area contributed by atoms with E-state index in [9.17, 15) is 9.90 Å². The molecule has 8 heteroatoms. The molecule has 0 saturated carbocycles. The number of likely N-dealkylation sites (tertiary alicyclic amines) is 1. The molecule has 4 rings (SSSR count). The van der Waals surface area contributed by atoms with E-state index in [2.05, 4.69) is 19.9 Å². The Balaban J connectivity index is 1.44. The molecular formula is C20H25N5O3. The maximum Gasteiger partial charge on any atom is 0.255 e. The van der Waals surface area contributed by atoms with E-state index in [0.717, 1.165) is 31.6 Å². The highest BCUT2D eigenvalue weighted by atomic mass is 16.5. The van der Waals surface area contributed by atoms with Crippen molar-refractivity contribution >= 4 is 11.7 Å². The number of anilines is 1. The summed E-state index contributed by atoms with van der Waals surface area (Å²) in [6.45, 7) is 2.72. The first-order valence-electron chi connectivity index (χ1n) is 9.56. The smallest absolute Gasteiger partial charge is 0.255 e. The molecule has 0 radical (unpaired) electrons. The standard InChI is InChI=1S/C20H25N5O3/c1-28-17-8-15(10-22-11-17)19(27)24-6-2-20(3-7-24)9-16(26)13-25(14-20)18-12-21-4-5-23-18/h4-5,8,10-12,16,26H,2-3,6-7,9,13-14H2,1H3. The molecule has 148 valence electrons. The zero-order valence-electron chi connectivity index (χ0n) is 16.0. The first-order valence-corrected chi connectivity index (χ1v) is 9.56. The molecule has 2 fully saturated rings. The van der Waals surface area contributed by atoms with Crippen molar-refractivity contribution < 1.29 is 14.6 Å². The van der Waals surface area contributed by atoms with Gasteiger partial charge >= 0.3 is 0 Å². The average Bonchev–Trinajstić information content (AvgIpc) is 2.74. The predicted molar refractivity (Wildman–Crippen MR) is 103 cm³/mol. The maximum atomic E-state index is 12.8. The molecule has 8 nitrogen and oxygen atoms in total. The van der Waals surface area contributed by atoms with Crippen LogP contribution < -0.4 is 9.64 Å². The number of aromatic nitrogens is 3. The van der Waals surface area contributed by atoms with E-state index < -0.39 is 6.10 Å². The van der Waals surface area contributed by atoms with Gasteiger partial charge in [-0.15, -0.1) is 0 Å². The molecule has 2 aliphatic heterocycles. The van der Waals surface area contributed by atoms with Crippen LogP contribution in [0.2, 0.25) is 0 Å². The largest absolute Gasteiger partial charge is 0.495 e. The number of hydrogen-bond donors (Lipinski definition) is 1. The van der Waals surface area contributed by atoms with Crippen LogP contribution in [0.15, 0.2) is 37.1 Å². The van der Waals surface area contributed by atoms with Crippen LogP contribution in [-0.4, -0.2) is 70.3 Å². The van der Waals surface area contributed by atoms with E-state index in [4.69, 9.17) is 4.74 Å². The molecule has 2 aromatic heterocycles. The first-order chi connectivity index (χ1) is 13.6. The minimum Gasteiger partial charge on any atom is -0.495 e. The third-order valence-electron chi connectivity index (χ3n) is 5.81. The molecule has 1 N–H and O–H groups in total. The molecular weight excluding hydrogens is 358 g/mol. The van der Waals surface area contributed by atoms with Gasteiger partial charge < -0.3 is 19.6 Å². The van der Waals surface area contributed by atoms with Gasteiger partial charge in [-0.25, -0.2) is 4.98 Å². The van der Waals surface area contributed by atoms with Gasteiger partial charge in [0.25, 0.3) is 5.91 Å². The number of piperidine rings is 2. The number of nitrogens with zero attached hydrogens (tertiary/aromatic N) is 5. The second kappa shape index (κ2) is 7.71. The van der Waals surface area contributed by atoms with Gasteiger partial charge in [-0.05, 0) is 30.7 Å². The van der Waals surface area contributed by atoms with Crippen LogP contribution in [0.5, 0.6) is 5.75 Å². The summed E-state index contributed by atoms with van der Waals surface area (Å²) >= 11 is 0. The number of carbonyl (C=O) groups excluding carboxylic acids is 1. The van der Waals surface area contributed by atoms with Gasteiger partial charge in [0.1, 0.15) is 11.6 Å². The quantitative estimate of drug-likeness (QED) is 0.856. The van der Waals surface area contributed by atoms with E-state index in [1.54, 1.807) is 44.2 Å². The van der Waals surface area contributed by atoms with Crippen molar-refractivity contribution in [3.05, 3.63) is 42.6 Å².